The number of ether oxygens (including phenoxy) is 6. The smallest absolute Gasteiger partial charge is 0.408 e. The average Bonchev–Trinajstić information content (AvgIpc) is 3.53. The highest BCUT2D eigenvalue weighted by molar-refractivity contribution is 7.00. The third-order valence-corrected chi connectivity index (χ3v) is 7.12. The van der Waals surface area contributed by atoms with Crippen LogP contribution in [0.2, 0.25) is 0 Å². The number of fused-ring (bicyclic) bond motifs is 1. The molecule has 0 radical (unpaired) electrons. The Morgan fingerprint density at radius 1 is 0.927 bits per heavy atom. The second-order valence-electron chi connectivity index (χ2n) is 8.81. The van der Waals surface area contributed by atoms with Gasteiger partial charge in [-0.3, -0.25) is 0 Å². The van der Waals surface area contributed by atoms with Crippen LogP contribution in [0.5, 0.6) is 23.0 Å². The molecule has 2 N–H and O–H groups in total. The van der Waals surface area contributed by atoms with Gasteiger partial charge < -0.3 is 34.2 Å². The number of carbonyl (C=O) groups excluding carboxylic acids is 2. The molecule has 4 aromatic rings. The Hall–Kier alpha value is -4.91. The number of hydrogen-bond donors (Lipinski definition) is 1. The lowest BCUT2D eigenvalue weighted by molar-refractivity contribution is -0.184. The standard InChI is InChI=1S/C28H24FN3O8S/c1-35-21-8-6-16(13-18(21)29)28(40-27(30)34)17(9-14-10-22(36-2)25(38-4)23(11-14)37-3)24(26(33)39-28)15-5-7-19-20(12-15)32-41-31-19/h5-8,10-13H,9H2,1-4H3,(H2,30,34). The minimum Gasteiger partial charge on any atom is -0.494 e. The summed E-state index contributed by atoms with van der Waals surface area (Å²) in [6, 6.07) is 12.2. The second kappa shape index (κ2) is 10.9. The fraction of sp³-hybridized carbons (Fsp3) is 0.214. The summed E-state index contributed by atoms with van der Waals surface area (Å²) in [6.07, 6.45) is -1.30. The van der Waals surface area contributed by atoms with Crippen molar-refractivity contribution in [3.63, 3.8) is 0 Å². The van der Waals surface area contributed by atoms with E-state index in [0.29, 0.717) is 39.4 Å². The summed E-state index contributed by atoms with van der Waals surface area (Å²) in [5.41, 5.74) is 7.90. The average molecular weight is 582 g/mol. The molecule has 11 nitrogen and oxygen atoms in total. The Labute approximate surface area is 237 Å². The fourth-order valence-electron chi connectivity index (χ4n) is 4.79. The van der Waals surface area contributed by atoms with E-state index in [9.17, 15) is 14.0 Å². The van der Waals surface area contributed by atoms with Crippen LogP contribution >= 0.6 is 11.7 Å². The van der Waals surface area contributed by atoms with Crippen LogP contribution in [0.4, 0.5) is 9.18 Å². The number of aromatic nitrogens is 2. The summed E-state index contributed by atoms with van der Waals surface area (Å²) in [4.78, 5) is 25.9. The molecular formula is C28H24FN3O8S. The molecule has 1 aliphatic heterocycles. The highest BCUT2D eigenvalue weighted by atomic mass is 32.1. The summed E-state index contributed by atoms with van der Waals surface area (Å²) in [5.74, 6) is -2.84. The van der Waals surface area contributed by atoms with Gasteiger partial charge in [0.2, 0.25) is 5.75 Å². The van der Waals surface area contributed by atoms with Crippen LogP contribution in [-0.4, -0.2) is 49.2 Å². The van der Waals surface area contributed by atoms with E-state index < -0.39 is 23.7 Å². The zero-order valence-corrected chi connectivity index (χ0v) is 23.2. The lowest BCUT2D eigenvalue weighted by Crippen LogP contribution is -2.38. The van der Waals surface area contributed by atoms with Crippen molar-refractivity contribution in [1.29, 1.82) is 0 Å². The van der Waals surface area contributed by atoms with Crippen LogP contribution in [0, 0.1) is 5.82 Å². The van der Waals surface area contributed by atoms with Gasteiger partial charge in [0.05, 0.1) is 45.7 Å². The van der Waals surface area contributed by atoms with E-state index in [1.54, 1.807) is 30.3 Å². The van der Waals surface area contributed by atoms with E-state index in [-0.39, 0.29) is 28.9 Å². The van der Waals surface area contributed by atoms with Crippen molar-refractivity contribution < 1.29 is 42.4 Å². The topological polar surface area (TPSA) is 141 Å². The second-order valence-corrected chi connectivity index (χ2v) is 9.34. The fourth-order valence-corrected chi connectivity index (χ4v) is 5.31. The van der Waals surface area contributed by atoms with E-state index >= 15 is 0 Å². The monoisotopic (exact) mass is 581 g/mol. The minimum atomic E-state index is -2.22. The molecule has 0 saturated heterocycles. The zero-order valence-electron chi connectivity index (χ0n) is 22.3. The molecule has 0 spiro atoms. The van der Waals surface area contributed by atoms with Gasteiger partial charge in [0.25, 0.3) is 0 Å². The number of primary amides is 1. The molecule has 1 amide bonds. The van der Waals surface area contributed by atoms with Crippen LogP contribution < -0.4 is 24.7 Å². The number of esters is 1. The first-order valence-electron chi connectivity index (χ1n) is 12.1. The number of rotatable bonds is 9. The maximum absolute atomic E-state index is 15.0. The quantitative estimate of drug-likeness (QED) is 0.283. The van der Waals surface area contributed by atoms with Gasteiger partial charge >= 0.3 is 17.8 Å². The molecule has 1 aliphatic rings. The Kier molecular flexibility index (Phi) is 7.37. The van der Waals surface area contributed by atoms with Gasteiger partial charge in [-0.05, 0) is 53.6 Å². The van der Waals surface area contributed by atoms with Crippen molar-refractivity contribution >= 4 is 40.4 Å². The lowest BCUT2D eigenvalue weighted by atomic mass is 9.87. The zero-order chi connectivity index (χ0) is 29.3. The molecule has 0 fully saturated rings. The molecule has 5 rings (SSSR count). The van der Waals surface area contributed by atoms with Crippen molar-refractivity contribution in [2.24, 2.45) is 5.73 Å². The maximum atomic E-state index is 15.0. The third-order valence-electron chi connectivity index (χ3n) is 6.56. The Balaban J connectivity index is 1.79. The Morgan fingerprint density at radius 2 is 1.61 bits per heavy atom. The van der Waals surface area contributed by atoms with E-state index in [4.69, 9.17) is 34.2 Å². The molecule has 1 unspecified atom stereocenters. The van der Waals surface area contributed by atoms with Gasteiger partial charge in [-0.1, -0.05) is 6.07 Å². The maximum Gasteiger partial charge on any atom is 0.408 e. The van der Waals surface area contributed by atoms with Gasteiger partial charge in [0.15, 0.2) is 23.1 Å². The lowest BCUT2D eigenvalue weighted by Gasteiger charge is -2.30. The van der Waals surface area contributed by atoms with Crippen molar-refractivity contribution in [2.45, 2.75) is 12.2 Å². The van der Waals surface area contributed by atoms with E-state index in [0.717, 1.165) is 17.8 Å². The number of methoxy groups -OCH3 is 4. The largest absolute Gasteiger partial charge is 0.494 e. The Morgan fingerprint density at radius 3 is 2.22 bits per heavy atom. The predicted molar refractivity (Wildman–Crippen MR) is 146 cm³/mol. The van der Waals surface area contributed by atoms with E-state index in [1.807, 2.05) is 0 Å². The van der Waals surface area contributed by atoms with Crippen LogP contribution in [0.3, 0.4) is 0 Å². The molecule has 2 heterocycles. The van der Waals surface area contributed by atoms with Gasteiger partial charge in [-0.15, -0.1) is 0 Å². The summed E-state index contributed by atoms with van der Waals surface area (Å²) in [5, 5.41) is 0. The predicted octanol–water partition coefficient (Wildman–Crippen LogP) is 4.37. The van der Waals surface area contributed by atoms with Gasteiger partial charge in [0.1, 0.15) is 11.0 Å². The number of cyclic esters (lactones) is 1. The number of carbonyl (C=O) groups is 2. The third kappa shape index (κ3) is 4.84. The number of halogens is 1. The summed E-state index contributed by atoms with van der Waals surface area (Å²) in [6.45, 7) is 0. The van der Waals surface area contributed by atoms with Gasteiger partial charge in [0, 0.05) is 17.6 Å². The molecule has 13 heteroatoms. The molecule has 0 aliphatic carbocycles. The summed E-state index contributed by atoms with van der Waals surface area (Å²) >= 11 is 1.02. The van der Waals surface area contributed by atoms with Crippen molar-refractivity contribution in [3.05, 3.63) is 76.6 Å². The number of benzene rings is 3. The van der Waals surface area contributed by atoms with Gasteiger partial charge in [-0.2, -0.15) is 8.75 Å². The molecule has 1 atom stereocenters. The summed E-state index contributed by atoms with van der Waals surface area (Å²) in [7, 11) is 5.70. The minimum absolute atomic E-state index is 0.00297. The first-order valence-corrected chi connectivity index (χ1v) is 12.8. The van der Waals surface area contributed by atoms with E-state index in [1.165, 1.54) is 40.6 Å². The van der Waals surface area contributed by atoms with E-state index in [2.05, 4.69) is 8.75 Å². The molecule has 0 bridgehead atoms. The van der Waals surface area contributed by atoms with Crippen LogP contribution in [0.1, 0.15) is 16.7 Å². The van der Waals surface area contributed by atoms with Crippen molar-refractivity contribution in [1.82, 2.24) is 8.75 Å². The highest BCUT2D eigenvalue weighted by Gasteiger charge is 2.53. The molecule has 41 heavy (non-hydrogen) atoms. The molecule has 3 aromatic carbocycles. The van der Waals surface area contributed by atoms with Gasteiger partial charge in [-0.25, -0.2) is 14.0 Å². The number of nitrogens with zero attached hydrogens (tertiary/aromatic N) is 2. The molecule has 0 saturated carbocycles. The van der Waals surface area contributed by atoms with Crippen molar-refractivity contribution in [2.75, 3.05) is 28.4 Å². The highest BCUT2D eigenvalue weighted by Crippen LogP contribution is 2.49. The SMILES string of the molecule is COc1ccc(C2(OC(N)=O)OC(=O)C(c3ccc4nsnc4c3)=C2Cc2cc(OC)c(OC)c(OC)c2)cc1F. The van der Waals surface area contributed by atoms with Crippen LogP contribution in [0.25, 0.3) is 16.6 Å². The molecular weight excluding hydrogens is 557 g/mol. The first-order chi connectivity index (χ1) is 19.7. The first kappa shape index (κ1) is 27.6. The molecule has 212 valence electrons. The Bertz CT molecular complexity index is 1680. The molecule has 1 aromatic heterocycles. The van der Waals surface area contributed by atoms with Crippen LogP contribution in [-0.2, 0) is 26.5 Å². The normalized spacial score (nSPS) is 16.5. The van der Waals surface area contributed by atoms with Crippen molar-refractivity contribution in [3.8, 4) is 23.0 Å². The van der Waals surface area contributed by atoms with Crippen LogP contribution in [0.15, 0.2) is 54.1 Å². The number of hydrogen-bond acceptors (Lipinski definition) is 11. The number of amides is 1. The number of nitrogens with two attached hydrogens (primary N) is 1. The summed E-state index contributed by atoms with van der Waals surface area (Å²) < 4.78 is 56.3.